The van der Waals surface area contributed by atoms with Gasteiger partial charge in [0.05, 0.1) is 18.0 Å². The minimum Gasteiger partial charge on any atom is -0.487 e. The molecule has 0 spiro atoms. The molecule has 2 aliphatic heterocycles. The first-order valence-electron chi connectivity index (χ1n) is 13.0. The van der Waals surface area contributed by atoms with Crippen LogP contribution < -0.4 is 15.8 Å². The Balaban J connectivity index is 1.51. The zero-order valence-electron chi connectivity index (χ0n) is 22.0. The topological polar surface area (TPSA) is 106 Å². The number of nitrogens with one attached hydrogen (secondary N) is 1. The highest BCUT2D eigenvalue weighted by molar-refractivity contribution is 6.30. The lowest BCUT2D eigenvalue weighted by molar-refractivity contribution is -0.133. The second-order valence-electron chi connectivity index (χ2n) is 11.0. The van der Waals surface area contributed by atoms with Gasteiger partial charge in [0.2, 0.25) is 11.8 Å². The highest BCUT2D eigenvalue weighted by Crippen LogP contribution is 2.47. The predicted molar refractivity (Wildman–Crippen MR) is 140 cm³/mol. The highest BCUT2D eigenvalue weighted by Gasteiger charge is 2.53. The summed E-state index contributed by atoms with van der Waals surface area (Å²) in [4.78, 5) is 33.1. The van der Waals surface area contributed by atoms with E-state index >= 15 is 0 Å². The zero-order chi connectivity index (χ0) is 26.3. The molecule has 9 heteroatoms. The molecule has 4 atom stereocenters. The SMILES string of the molecule is CCC1(CC)CC(=O)N([C@H](CCOC)[C@H]2CC2C(=O)N[C@H]2CC(C)(C)Oc3cc(Cl)ccc32)C(N)=N1. The second-order valence-corrected chi connectivity index (χ2v) is 11.4. The molecule has 4 rings (SSSR count). The van der Waals surface area contributed by atoms with Crippen molar-refractivity contribution in [3.63, 3.8) is 0 Å². The maximum atomic E-state index is 13.4. The fourth-order valence-electron chi connectivity index (χ4n) is 5.79. The van der Waals surface area contributed by atoms with Crippen LogP contribution in [0.3, 0.4) is 0 Å². The van der Waals surface area contributed by atoms with Crippen molar-refractivity contribution >= 4 is 29.4 Å². The van der Waals surface area contributed by atoms with Crippen molar-refractivity contribution in [1.29, 1.82) is 0 Å². The van der Waals surface area contributed by atoms with Crippen molar-refractivity contribution in [1.82, 2.24) is 10.2 Å². The van der Waals surface area contributed by atoms with Crippen molar-refractivity contribution < 1.29 is 19.1 Å². The molecule has 198 valence electrons. The summed E-state index contributed by atoms with van der Waals surface area (Å²) in [5.41, 5.74) is 6.45. The van der Waals surface area contributed by atoms with E-state index in [1.165, 1.54) is 0 Å². The van der Waals surface area contributed by atoms with Gasteiger partial charge in [0.1, 0.15) is 11.4 Å². The van der Waals surface area contributed by atoms with Crippen molar-refractivity contribution in [2.45, 2.75) is 89.4 Å². The molecule has 0 bridgehead atoms. The molecule has 1 saturated carbocycles. The van der Waals surface area contributed by atoms with Gasteiger partial charge in [0.15, 0.2) is 5.96 Å². The molecule has 0 aromatic heterocycles. The largest absolute Gasteiger partial charge is 0.487 e. The molecular weight excluding hydrogens is 480 g/mol. The van der Waals surface area contributed by atoms with Crippen LogP contribution in [-0.2, 0) is 14.3 Å². The van der Waals surface area contributed by atoms with Gasteiger partial charge in [-0.25, -0.2) is 4.99 Å². The maximum absolute atomic E-state index is 13.4. The predicted octanol–water partition coefficient (Wildman–Crippen LogP) is 4.21. The third kappa shape index (κ3) is 5.35. The van der Waals surface area contributed by atoms with Crippen LogP contribution in [-0.4, -0.2) is 53.6 Å². The van der Waals surface area contributed by atoms with Crippen molar-refractivity contribution in [3.05, 3.63) is 28.8 Å². The molecule has 1 unspecified atom stereocenters. The fraction of sp³-hybridized carbons (Fsp3) is 0.667. The van der Waals surface area contributed by atoms with Gasteiger partial charge in [0, 0.05) is 42.7 Å². The Morgan fingerprint density at radius 2 is 2.08 bits per heavy atom. The normalized spacial score (nSPS) is 26.9. The summed E-state index contributed by atoms with van der Waals surface area (Å²) in [5, 5.41) is 3.85. The monoisotopic (exact) mass is 518 g/mol. The molecule has 3 aliphatic rings. The summed E-state index contributed by atoms with van der Waals surface area (Å²) in [7, 11) is 1.64. The number of fused-ring (bicyclic) bond motifs is 1. The first-order chi connectivity index (χ1) is 17.0. The Hall–Kier alpha value is -2.32. The zero-order valence-corrected chi connectivity index (χ0v) is 22.7. The second kappa shape index (κ2) is 10.2. The van der Waals surface area contributed by atoms with Crippen LogP contribution >= 0.6 is 11.6 Å². The van der Waals surface area contributed by atoms with Crippen LogP contribution in [0, 0.1) is 11.8 Å². The van der Waals surface area contributed by atoms with Gasteiger partial charge >= 0.3 is 0 Å². The molecule has 36 heavy (non-hydrogen) atoms. The number of amides is 2. The number of hydrogen-bond donors (Lipinski definition) is 2. The van der Waals surface area contributed by atoms with E-state index in [9.17, 15) is 9.59 Å². The van der Waals surface area contributed by atoms with Crippen LogP contribution in [0.5, 0.6) is 5.75 Å². The minimum absolute atomic E-state index is 0.00569. The minimum atomic E-state index is -0.435. The lowest BCUT2D eigenvalue weighted by atomic mass is 9.87. The van der Waals surface area contributed by atoms with Crippen LogP contribution in [0.2, 0.25) is 5.02 Å². The number of hydrogen-bond acceptors (Lipinski definition) is 6. The average Bonchev–Trinajstić information content (AvgIpc) is 3.60. The van der Waals surface area contributed by atoms with E-state index in [4.69, 9.17) is 31.8 Å². The van der Waals surface area contributed by atoms with Crippen LogP contribution in [0.4, 0.5) is 0 Å². The number of benzene rings is 1. The van der Waals surface area contributed by atoms with Crippen molar-refractivity contribution in [2.24, 2.45) is 22.6 Å². The van der Waals surface area contributed by atoms with E-state index in [0.29, 0.717) is 43.1 Å². The van der Waals surface area contributed by atoms with Crippen LogP contribution in [0.15, 0.2) is 23.2 Å². The van der Waals surface area contributed by atoms with Gasteiger partial charge in [0.25, 0.3) is 0 Å². The number of nitrogens with two attached hydrogens (primary N) is 1. The summed E-state index contributed by atoms with van der Waals surface area (Å²) < 4.78 is 11.4. The molecule has 1 aromatic carbocycles. The lowest BCUT2D eigenvalue weighted by Crippen LogP contribution is -2.56. The first-order valence-corrected chi connectivity index (χ1v) is 13.4. The number of halogens is 1. The molecule has 0 saturated heterocycles. The molecule has 1 aromatic rings. The third-order valence-electron chi connectivity index (χ3n) is 8.03. The Labute approximate surface area is 218 Å². The highest BCUT2D eigenvalue weighted by atomic mass is 35.5. The van der Waals surface area contributed by atoms with Gasteiger partial charge < -0.3 is 20.5 Å². The van der Waals surface area contributed by atoms with E-state index in [0.717, 1.165) is 18.4 Å². The maximum Gasteiger partial charge on any atom is 0.231 e. The summed E-state index contributed by atoms with van der Waals surface area (Å²) in [6.45, 7) is 8.57. The molecular formula is C27H39ClN4O4. The number of carbonyl (C=O) groups excluding carboxylic acids is 2. The van der Waals surface area contributed by atoms with Crippen molar-refractivity contribution in [2.75, 3.05) is 13.7 Å². The summed E-state index contributed by atoms with van der Waals surface area (Å²) in [5.74, 6) is 0.744. The molecule has 1 fully saturated rings. The standard InChI is InChI=1S/C27H39ClN4O4/c1-6-27(7-2)15-23(33)32(25(29)31-27)21(10-11-35-5)18-13-19(18)24(34)30-20-14-26(3,4)36-22-12-16(28)8-9-17(20)22/h8-9,12,18-21H,6-7,10-11,13-15H2,1-5H3,(H2,29,31)(H,30,34)/t18-,19?,20-,21+/m0/s1. The lowest BCUT2D eigenvalue weighted by Gasteiger charge is -2.40. The summed E-state index contributed by atoms with van der Waals surface area (Å²) in [6, 6.07) is 5.14. The van der Waals surface area contributed by atoms with Gasteiger partial charge in [-0.05, 0) is 57.6 Å². The van der Waals surface area contributed by atoms with Gasteiger partial charge in [-0.2, -0.15) is 0 Å². The molecule has 0 radical (unpaired) electrons. The molecule has 8 nitrogen and oxygen atoms in total. The Bertz CT molecular complexity index is 1040. The number of rotatable bonds is 9. The first kappa shape index (κ1) is 26.7. The number of aliphatic imine (C=N–C) groups is 1. The molecule has 2 amide bonds. The number of ether oxygens (including phenoxy) is 2. The summed E-state index contributed by atoms with van der Waals surface area (Å²) in [6.07, 6.45) is 3.81. The van der Waals surface area contributed by atoms with E-state index in [1.807, 2.05) is 39.8 Å². The van der Waals surface area contributed by atoms with E-state index < -0.39 is 11.1 Å². The van der Waals surface area contributed by atoms with E-state index in [2.05, 4.69) is 5.32 Å². The van der Waals surface area contributed by atoms with E-state index in [1.54, 1.807) is 18.1 Å². The number of nitrogens with zero attached hydrogens (tertiary/aromatic N) is 2. The average molecular weight is 519 g/mol. The Kier molecular flexibility index (Phi) is 7.58. The number of carbonyl (C=O) groups is 2. The van der Waals surface area contributed by atoms with E-state index in [-0.39, 0.29) is 41.7 Å². The van der Waals surface area contributed by atoms with Gasteiger partial charge in [-0.1, -0.05) is 31.5 Å². The number of methoxy groups -OCH3 is 1. The quantitative estimate of drug-likeness (QED) is 0.509. The molecule has 3 N–H and O–H groups in total. The van der Waals surface area contributed by atoms with Gasteiger partial charge in [-0.3, -0.25) is 14.5 Å². The Morgan fingerprint density at radius 1 is 1.36 bits per heavy atom. The van der Waals surface area contributed by atoms with Crippen molar-refractivity contribution in [3.8, 4) is 5.75 Å². The third-order valence-corrected chi connectivity index (χ3v) is 8.27. The molecule has 1 aliphatic carbocycles. The van der Waals surface area contributed by atoms with Crippen LogP contribution in [0.1, 0.15) is 77.8 Å². The number of guanidine groups is 1. The fourth-order valence-corrected chi connectivity index (χ4v) is 5.95. The van der Waals surface area contributed by atoms with Crippen LogP contribution in [0.25, 0.3) is 0 Å². The van der Waals surface area contributed by atoms with Gasteiger partial charge in [-0.15, -0.1) is 0 Å². The smallest absolute Gasteiger partial charge is 0.231 e. The summed E-state index contributed by atoms with van der Waals surface area (Å²) >= 11 is 6.18. The Morgan fingerprint density at radius 3 is 2.72 bits per heavy atom. The molecule has 2 heterocycles.